The highest BCUT2D eigenvalue weighted by molar-refractivity contribution is 7.98. The molecule has 6 heteroatoms. The first-order chi connectivity index (χ1) is 11.8. The molecule has 0 saturated carbocycles. The van der Waals surface area contributed by atoms with Crippen molar-refractivity contribution in [1.29, 1.82) is 0 Å². The number of hydrogen-bond acceptors (Lipinski definition) is 5. The summed E-state index contributed by atoms with van der Waals surface area (Å²) in [6.07, 6.45) is 0. The molecule has 1 atom stereocenters. The van der Waals surface area contributed by atoms with Gasteiger partial charge in [0.25, 0.3) is 0 Å². The number of benzene rings is 2. The highest BCUT2D eigenvalue weighted by atomic mass is 32.2. The summed E-state index contributed by atoms with van der Waals surface area (Å²) in [7, 11) is 0. The van der Waals surface area contributed by atoms with Crippen LogP contribution in [-0.2, 0) is 0 Å². The number of hydrogen-bond donors (Lipinski definition) is 2. The average molecular weight is 338 g/mol. The molecule has 2 heterocycles. The third kappa shape index (κ3) is 3.05. The molecule has 3 aromatic rings. The number of ether oxygens (including phenoxy) is 1. The Labute approximate surface area is 145 Å². The standard InChI is InChI=1S/C18H18N4OS/c1-2-23-15-10-8-14(9-11-15)19-18-20-17-12-16(21-22(17)24-18)13-6-4-3-5-7-13/h3-12,18-20H,2H2,1H3. The minimum absolute atomic E-state index is 0.0512. The van der Waals surface area contributed by atoms with E-state index >= 15 is 0 Å². The summed E-state index contributed by atoms with van der Waals surface area (Å²) in [5, 5.41) is 11.5. The van der Waals surface area contributed by atoms with Gasteiger partial charge in [0.15, 0.2) is 5.50 Å². The van der Waals surface area contributed by atoms with E-state index in [4.69, 9.17) is 4.74 Å². The third-order valence-electron chi connectivity index (χ3n) is 3.69. The van der Waals surface area contributed by atoms with Crippen molar-refractivity contribution in [2.45, 2.75) is 12.4 Å². The first-order valence-electron chi connectivity index (χ1n) is 7.90. The lowest BCUT2D eigenvalue weighted by Gasteiger charge is -2.13. The van der Waals surface area contributed by atoms with Crippen molar-refractivity contribution in [2.75, 3.05) is 17.2 Å². The van der Waals surface area contributed by atoms with Crippen molar-refractivity contribution in [3.8, 4) is 17.0 Å². The zero-order valence-corrected chi connectivity index (χ0v) is 14.1. The van der Waals surface area contributed by atoms with Gasteiger partial charge in [0.1, 0.15) is 11.6 Å². The van der Waals surface area contributed by atoms with E-state index in [1.165, 1.54) is 0 Å². The molecule has 1 aromatic heterocycles. The fourth-order valence-corrected chi connectivity index (χ4v) is 3.50. The Kier molecular flexibility index (Phi) is 4.04. The Morgan fingerprint density at radius 1 is 1.17 bits per heavy atom. The molecule has 1 aliphatic heterocycles. The summed E-state index contributed by atoms with van der Waals surface area (Å²) >= 11 is 1.61. The number of fused-ring (bicyclic) bond motifs is 1. The number of nitrogens with one attached hydrogen (secondary N) is 2. The summed E-state index contributed by atoms with van der Waals surface area (Å²) in [6, 6.07) is 20.2. The zero-order valence-electron chi connectivity index (χ0n) is 13.3. The first-order valence-corrected chi connectivity index (χ1v) is 8.74. The molecule has 0 bridgehead atoms. The number of aromatic nitrogens is 2. The summed E-state index contributed by atoms with van der Waals surface area (Å²) in [5.41, 5.74) is 3.19. The molecule has 122 valence electrons. The molecule has 0 fully saturated rings. The monoisotopic (exact) mass is 338 g/mol. The average Bonchev–Trinajstić information content (AvgIpc) is 3.16. The fraction of sp³-hybridized carbons (Fsp3) is 0.167. The molecule has 2 aromatic carbocycles. The molecule has 2 N–H and O–H groups in total. The molecule has 1 aliphatic rings. The van der Waals surface area contributed by atoms with Crippen LogP contribution in [0.15, 0.2) is 60.7 Å². The molecule has 4 rings (SSSR count). The van der Waals surface area contributed by atoms with Gasteiger partial charge in [-0.2, -0.15) is 9.19 Å². The Morgan fingerprint density at radius 3 is 2.67 bits per heavy atom. The maximum atomic E-state index is 5.46. The van der Waals surface area contributed by atoms with E-state index < -0.39 is 0 Å². The number of nitrogens with zero attached hydrogens (tertiary/aromatic N) is 2. The second-order valence-corrected chi connectivity index (χ2v) is 6.41. The normalized spacial score (nSPS) is 15.6. The van der Waals surface area contributed by atoms with Gasteiger partial charge in [-0.15, -0.1) is 0 Å². The topological polar surface area (TPSA) is 51.1 Å². The van der Waals surface area contributed by atoms with Gasteiger partial charge in [-0.25, -0.2) is 0 Å². The van der Waals surface area contributed by atoms with Crippen molar-refractivity contribution in [2.24, 2.45) is 0 Å². The van der Waals surface area contributed by atoms with Crippen LogP contribution in [0.3, 0.4) is 0 Å². The first kappa shape index (κ1) is 15.0. The summed E-state index contributed by atoms with van der Waals surface area (Å²) in [4.78, 5) is 0. The summed E-state index contributed by atoms with van der Waals surface area (Å²) in [5.74, 6) is 1.89. The molecule has 1 unspecified atom stereocenters. The summed E-state index contributed by atoms with van der Waals surface area (Å²) < 4.78 is 7.39. The van der Waals surface area contributed by atoms with Crippen LogP contribution in [-0.4, -0.2) is 21.3 Å². The molecule has 0 saturated heterocycles. The molecule has 0 radical (unpaired) electrons. The summed E-state index contributed by atoms with van der Waals surface area (Å²) in [6.45, 7) is 2.66. The molecular weight excluding hydrogens is 320 g/mol. The molecule has 0 aliphatic carbocycles. The lowest BCUT2D eigenvalue weighted by Crippen LogP contribution is -2.21. The van der Waals surface area contributed by atoms with E-state index in [1.807, 2.05) is 53.5 Å². The van der Waals surface area contributed by atoms with E-state index in [0.29, 0.717) is 6.61 Å². The quantitative estimate of drug-likeness (QED) is 0.728. The molecule has 0 amide bonds. The molecular formula is C18H18N4OS. The smallest absolute Gasteiger partial charge is 0.168 e. The lowest BCUT2D eigenvalue weighted by molar-refractivity contribution is 0.340. The van der Waals surface area contributed by atoms with Gasteiger partial charge >= 0.3 is 0 Å². The second-order valence-electron chi connectivity index (χ2n) is 5.39. The molecule has 0 spiro atoms. The predicted octanol–water partition coefficient (Wildman–Crippen LogP) is 4.27. The maximum Gasteiger partial charge on any atom is 0.168 e. The van der Waals surface area contributed by atoms with Gasteiger partial charge in [0.05, 0.1) is 12.3 Å². The van der Waals surface area contributed by atoms with Crippen molar-refractivity contribution in [3.05, 3.63) is 60.7 Å². The maximum absolute atomic E-state index is 5.46. The van der Waals surface area contributed by atoms with Crippen LogP contribution in [0.25, 0.3) is 11.3 Å². The largest absolute Gasteiger partial charge is 0.494 e. The van der Waals surface area contributed by atoms with E-state index in [2.05, 4.69) is 33.9 Å². The van der Waals surface area contributed by atoms with E-state index in [0.717, 1.165) is 28.5 Å². The third-order valence-corrected chi connectivity index (χ3v) is 4.62. The van der Waals surface area contributed by atoms with Gasteiger partial charge < -0.3 is 15.4 Å². The molecule has 5 nitrogen and oxygen atoms in total. The highest BCUT2D eigenvalue weighted by Crippen LogP contribution is 2.33. The molecule has 24 heavy (non-hydrogen) atoms. The van der Waals surface area contributed by atoms with Gasteiger partial charge in [-0.1, -0.05) is 30.3 Å². The highest BCUT2D eigenvalue weighted by Gasteiger charge is 2.23. The Hall–Kier alpha value is -2.60. The Morgan fingerprint density at radius 2 is 1.96 bits per heavy atom. The predicted molar refractivity (Wildman–Crippen MR) is 99.3 cm³/mol. The lowest BCUT2D eigenvalue weighted by atomic mass is 10.2. The van der Waals surface area contributed by atoms with Crippen molar-refractivity contribution >= 4 is 23.5 Å². The van der Waals surface area contributed by atoms with Crippen molar-refractivity contribution in [1.82, 2.24) is 9.19 Å². The zero-order chi connectivity index (χ0) is 16.4. The van der Waals surface area contributed by atoms with Crippen LogP contribution in [0.4, 0.5) is 11.5 Å². The fourth-order valence-electron chi connectivity index (χ4n) is 2.58. The minimum Gasteiger partial charge on any atom is -0.494 e. The SMILES string of the molecule is CCOc1ccc(NC2Nc3cc(-c4ccccc4)nn3S2)cc1. The van der Waals surface area contributed by atoms with E-state index in [9.17, 15) is 0 Å². The van der Waals surface area contributed by atoms with Crippen LogP contribution in [0.1, 0.15) is 6.92 Å². The van der Waals surface area contributed by atoms with Crippen molar-refractivity contribution < 1.29 is 4.74 Å². The Bertz CT molecular complexity index is 793. The van der Waals surface area contributed by atoms with Crippen molar-refractivity contribution in [3.63, 3.8) is 0 Å². The minimum atomic E-state index is 0.0512. The second kappa shape index (κ2) is 6.49. The van der Waals surface area contributed by atoms with E-state index in [1.54, 1.807) is 11.9 Å². The van der Waals surface area contributed by atoms with Gasteiger partial charge in [0.2, 0.25) is 0 Å². The van der Waals surface area contributed by atoms with E-state index in [-0.39, 0.29) is 5.50 Å². The number of rotatable bonds is 5. The van der Waals surface area contributed by atoms with Crippen LogP contribution >= 0.6 is 11.9 Å². The number of anilines is 2. The van der Waals surface area contributed by atoms with Crippen LogP contribution in [0.2, 0.25) is 0 Å². The van der Waals surface area contributed by atoms with Gasteiger partial charge in [-0.3, -0.25) is 0 Å². The van der Waals surface area contributed by atoms with Gasteiger partial charge in [0, 0.05) is 29.3 Å². The van der Waals surface area contributed by atoms with Crippen LogP contribution < -0.4 is 15.4 Å². The van der Waals surface area contributed by atoms with Gasteiger partial charge in [-0.05, 0) is 31.2 Å². The van der Waals surface area contributed by atoms with Crippen LogP contribution in [0, 0.1) is 0 Å². The Balaban J connectivity index is 1.42. The van der Waals surface area contributed by atoms with Crippen LogP contribution in [0.5, 0.6) is 5.75 Å².